The average Bonchev–Trinajstić information content (AvgIpc) is 3.34. The number of carboxylic acid groups (broad SMARTS) is 1. The first-order valence-electron chi connectivity index (χ1n) is 12.1. The summed E-state index contributed by atoms with van der Waals surface area (Å²) >= 11 is 0. The molecule has 1 amide bonds. The van der Waals surface area contributed by atoms with E-state index < -0.39 is 17.3 Å². The maximum atomic E-state index is 15.1. The van der Waals surface area contributed by atoms with E-state index >= 15 is 4.39 Å². The van der Waals surface area contributed by atoms with E-state index in [2.05, 4.69) is 34.3 Å². The van der Waals surface area contributed by atoms with Gasteiger partial charge in [0.2, 0.25) is 5.82 Å². The van der Waals surface area contributed by atoms with Crippen LogP contribution in [0.1, 0.15) is 71.6 Å². The van der Waals surface area contributed by atoms with Crippen molar-refractivity contribution >= 4 is 28.6 Å². The van der Waals surface area contributed by atoms with E-state index in [0.29, 0.717) is 0 Å². The molecule has 0 radical (unpaired) electrons. The molecule has 1 aliphatic rings. The fourth-order valence-corrected chi connectivity index (χ4v) is 5.29. The van der Waals surface area contributed by atoms with Crippen molar-refractivity contribution in [3.05, 3.63) is 48.2 Å². The number of carbonyl (C=O) groups is 1. The molecule has 2 unspecified atom stereocenters. The van der Waals surface area contributed by atoms with Crippen LogP contribution in [0.3, 0.4) is 0 Å². The summed E-state index contributed by atoms with van der Waals surface area (Å²) in [5.74, 6) is -0.937. The second-order valence-corrected chi connectivity index (χ2v) is 11.4. The lowest BCUT2D eigenvalue weighted by atomic mass is 9.70. The highest BCUT2D eigenvalue weighted by molar-refractivity contribution is 5.84. The Bertz CT molecular complexity index is 1260. The zero-order chi connectivity index (χ0) is 25.5. The number of aromatic nitrogens is 3. The lowest BCUT2D eigenvalue weighted by Gasteiger charge is -2.39. The molecular formula is C27H35FN4O3. The summed E-state index contributed by atoms with van der Waals surface area (Å²) in [5.41, 5.74) is 3.61. The standard InChI is InChI=1S/C27H35FN4O3/c1-17(2)19-9-10-20-21(12-19)31(16-29-20)15-27(6)11-7-8-18(13-27)14-32(25(33)34)24-22(28)23(30-35-24)26(3,4)5/h9-10,12,16,18H,1,7-8,11,13-15H2,2-6H3,(H,33,34). The number of halogens is 1. The first-order valence-corrected chi connectivity index (χ1v) is 12.1. The van der Waals surface area contributed by atoms with Crippen molar-refractivity contribution < 1.29 is 18.8 Å². The number of benzene rings is 1. The Morgan fingerprint density at radius 3 is 2.77 bits per heavy atom. The van der Waals surface area contributed by atoms with Gasteiger partial charge >= 0.3 is 6.09 Å². The molecule has 2 heterocycles. The number of nitrogens with zero attached hydrogens (tertiary/aromatic N) is 4. The molecule has 1 N–H and O–H groups in total. The van der Waals surface area contributed by atoms with E-state index in [1.165, 1.54) is 0 Å². The molecule has 1 aliphatic carbocycles. The minimum Gasteiger partial charge on any atom is -0.465 e. The Balaban J connectivity index is 1.54. The SMILES string of the molecule is C=C(C)c1ccc2ncn(CC3(C)CCCC(CN(C(=O)O)c4onc(C(C)(C)C)c4F)C3)c2c1. The molecule has 1 saturated carbocycles. The van der Waals surface area contributed by atoms with E-state index in [9.17, 15) is 9.90 Å². The highest BCUT2D eigenvalue weighted by Crippen LogP contribution is 2.42. The lowest BCUT2D eigenvalue weighted by molar-refractivity contribution is 0.135. The van der Waals surface area contributed by atoms with E-state index in [1.54, 1.807) is 0 Å². The molecule has 7 nitrogen and oxygen atoms in total. The van der Waals surface area contributed by atoms with Crippen molar-refractivity contribution in [2.24, 2.45) is 11.3 Å². The Morgan fingerprint density at radius 1 is 1.40 bits per heavy atom. The zero-order valence-corrected chi connectivity index (χ0v) is 21.3. The van der Waals surface area contributed by atoms with Gasteiger partial charge in [0.15, 0.2) is 0 Å². The largest absolute Gasteiger partial charge is 0.465 e. The molecule has 0 saturated heterocycles. The number of allylic oxidation sites excluding steroid dienone is 1. The topological polar surface area (TPSA) is 84.4 Å². The van der Waals surface area contributed by atoms with Crippen LogP contribution in [0.25, 0.3) is 16.6 Å². The fourth-order valence-electron chi connectivity index (χ4n) is 5.29. The zero-order valence-electron chi connectivity index (χ0n) is 21.3. The predicted octanol–water partition coefficient (Wildman–Crippen LogP) is 6.88. The quantitative estimate of drug-likeness (QED) is 0.414. The van der Waals surface area contributed by atoms with E-state index in [4.69, 9.17) is 4.52 Å². The molecule has 8 heteroatoms. The van der Waals surface area contributed by atoms with Gasteiger partial charge in [-0.15, -0.1) is 0 Å². The van der Waals surface area contributed by atoms with E-state index in [0.717, 1.165) is 59.3 Å². The molecule has 4 rings (SSSR count). The summed E-state index contributed by atoms with van der Waals surface area (Å²) in [5, 5.41) is 13.7. The molecule has 2 atom stereocenters. The van der Waals surface area contributed by atoms with E-state index in [-0.39, 0.29) is 29.5 Å². The van der Waals surface area contributed by atoms with Crippen molar-refractivity contribution in [1.82, 2.24) is 14.7 Å². The maximum absolute atomic E-state index is 15.1. The number of hydrogen-bond acceptors (Lipinski definition) is 4. The summed E-state index contributed by atoms with van der Waals surface area (Å²) in [6.45, 7) is 14.7. The van der Waals surface area contributed by atoms with Crippen molar-refractivity contribution in [3.63, 3.8) is 0 Å². The lowest BCUT2D eigenvalue weighted by Crippen LogP contribution is -2.39. The molecule has 1 fully saturated rings. The van der Waals surface area contributed by atoms with Gasteiger partial charge < -0.3 is 14.2 Å². The summed E-state index contributed by atoms with van der Waals surface area (Å²) in [6.07, 6.45) is 4.35. The number of imidazole rings is 1. The second kappa shape index (κ2) is 9.13. The molecule has 188 valence electrons. The molecule has 0 aliphatic heterocycles. The smallest absolute Gasteiger partial charge is 0.414 e. The van der Waals surface area contributed by atoms with Gasteiger partial charge in [0.05, 0.1) is 17.4 Å². The van der Waals surface area contributed by atoms with Gasteiger partial charge in [-0.1, -0.05) is 57.5 Å². The average molecular weight is 483 g/mol. The summed E-state index contributed by atoms with van der Waals surface area (Å²) in [4.78, 5) is 17.6. The number of anilines is 1. The Morgan fingerprint density at radius 2 is 2.14 bits per heavy atom. The van der Waals surface area contributed by atoms with E-state index in [1.807, 2.05) is 46.2 Å². The van der Waals surface area contributed by atoms with Crippen LogP contribution in [0.5, 0.6) is 0 Å². The van der Waals surface area contributed by atoms with Gasteiger partial charge in [0, 0.05) is 18.5 Å². The highest BCUT2D eigenvalue weighted by Gasteiger charge is 2.37. The van der Waals surface area contributed by atoms with Crippen LogP contribution in [0.4, 0.5) is 15.1 Å². The Labute approximate surface area is 205 Å². The number of amides is 1. The number of fused-ring (bicyclic) bond motifs is 1. The molecule has 0 spiro atoms. The van der Waals surface area contributed by atoms with Crippen LogP contribution in [-0.2, 0) is 12.0 Å². The molecule has 35 heavy (non-hydrogen) atoms. The Hall–Kier alpha value is -3.16. The first-order chi connectivity index (χ1) is 16.4. The van der Waals surface area contributed by atoms with Gasteiger partial charge in [-0.2, -0.15) is 4.39 Å². The molecule has 0 bridgehead atoms. The van der Waals surface area contributed by atoms with Crippen LogP contribution in [0.2, 0.25) is 0 Å². The van der Waals surface area contributed by atoms with Crippen LogP contribution in [-0.4, -0.2) is 32.5 Å². The van der Waals surface area contributed by atoms with Crippen molar-refractivity contribution in [2.45, 2.75) is 72.3 Å². The third-order valence-electron chi connectivity index (χ3n) is 7.09. The first kappa shape index (κ1) is 24.9. The van der Waals surface area contributed by atoms with Crippen LogP contribution in [0, 0.1) is 17.2 Å². The predicted molar refractivity (Wildman–Crippen MR) is 135 cm³/mol. The van der Waals surface area contributed by atoms with Crippen LogP contribution < -0.4 is 4.90 Å². The Kier molecular flexibility index (Phi) is 6.51. The second-order valence-electron chi connectivity index (χ2n) is 11.4. The summed E-state index contributed by atoms with van der Waals surface area (Å²) in [6, 6.07) is 6.18. The minimum absolute atomic E-state index is 0.0452. The van der Waals surface area contributed by atoms with Gasteiger partial charge in [0.1, 0.15) is 5.69 Å². The molecule has 2 aromatic heterocycles. The molecule has 1 aromatic carbocycles. The van der Waals surface area contributed by atoms with Crippen molar-refractivity contribution in [3.8, 4) is 0 Å². The van der Waals surface area contributed by atoms with Crippen LogP contribution in [0.15, 0.2) is 35.6 Å². The highest BCUT2D eigenvalue weighted by atomic mass is 19.1. The minimum atomic E-state index is -1.24. The normalized spacial score (nSPS) is 20.8. The fraction of sp³-hybridized carbons (Fsp3) is 0.519. The molecular weight excluding hydrogens is 447 g/mol. The summed E-state index contributed by atoms with van der Waals surface area (Å²) in [7, 11) is 0. The van der Waals surface area contributed by atoms with Gasteiger partial charge in [-0.05, 0) is 55.2 Å². The summed E-state index contributed by atoms with van der Waals surface area (Å²) < 4.78 is 22.4. The third-order valence-corrected chi connectivity index (χ3v) is 7.09. The number of hydrogen-bond donors (Lipinski definition) is 1. The third kappa shape index (κ3) is 5.11. The van der Waals surface area contributed by atoms with Gasteiger partial charge in [-0.3, -0.25) is 0 Å². The number of rotatable bonds is 6. The molecule has 3 aromatic rings. The van der Waals surface area contributed by atoms with Crippen molar-refractivity contribution in [2.75, 3.05) is 11.4 Å². The maximum Gasteiger partial charge on any atom is 0.414 e. The van der Waals surface area contributed by atoms with Gasteiger partial charge in [-0.25, -0.2) is 14.7 Å². The van der Waals surface area contributed by atoms with Crippen molar-refractivity contribution in [1.29, 1.82) is 0 Å². The van der Waals surface area contributed by atoms with Gasteiger partial charge in [0.25, 0.3) is 5.88 Å². The van der Waals surface area contributed by atoms with Crippen LogP contribution >= 0.6 is 0 Å². The monoisotopic (exact) mass is 482 g/mol.